The highest BCUT2D eigenvalue weighted by Crippen LogP contribution is 2.41. The molecule has 2 rings (SSSR count). The predicted octanol–water partition coefficient (Wildman–Crippen LogP) is 1.20. The van der Waals surface area contributed by atoms with Crippen LogP contribution in [0.3, 0.4) is 0 Å². The second-order valence-electron chi connectivity index (χ2n) is 5.09. The first-order valence-corrected chi connectivity index (χ1v) is 8.15. The number of nitrogens with one attached hydrogen (secondary N) is 2. The molecule has 1 amide bonds. The topological polar surface area (TPSA) is 108 Å². The zero-order valence-electron chi connectivity index (χ0n) is 12.9. The minimum Gasteiger partial charge on any atom is -0.497 e. The molecule has 1 aliphatic rings. The Balaban J connectivity index is 2.59. The van der Waals surface area contributed by atoms with Crippen molar-refractivity contribution in [3.63, 3.8) is 0 Å². The zero-order valence-corrected chi connectivity index (χ0v) is 13.7. The lowest BCUT2D eigenvalue weighted by Crippen LogP contribution is -2.64. The Labute approximate surface area is 141 Å². The number of sulfonamides is 1. The van der Waals surface area contributed by atoms with Crippen molar-refractivity contribution in [3.8, 4) is 11.8 Å². The molecular weight excluding hydrogens is 363 g/mol. The summed E-state index contributed by atoms with van der Waals surface area (Å²) in [5.74, 6) is -1.40. The Kier molecular flexibility index (Phi) is 4.54. The molecule has 0 fully saturated rings. The lowest BCUT2D eigenvalue weighted by atomic mass is 9.92. The van der Waals surface area contributed by atoms with Gasteiger partial charge in [-0.05, 0) is 31.2 Å². The number of rotatable bonds is 4. The van der Waals surface area contributed by atoms with Gasteiger partial charge in [0.05, 0.1) is 23.6 Å². The first-order valence-electron chi connectivity index (χ1n) is 6.67. The molecule has 11 heteroatoms. The van der Waals surface area contributed by atoms with E-state index in [0.29, 0.717) is 0 Å². The molecule has 0 spiro atoms. The lowest BCUT2D eigenvalue weighted by Gasteiger charge is -2.30. The van der Waals surface area contributed by atoms with Crippen molar-refractivity contribution in [2.75, 3.05) is 7.11 Å². The van der Waals surface area contributed by atoms with Gasteiger partial charge in [0.15, 0.2) is 0 Å². The molecule has 1 atom stereocenters. The van der Waals surface area contributed by atoms with Gasteiger partial charge in [0, 0.05) is 5.70 Å². The van der Waals surface area contributed by atoms with Crippen molar-refractivity contribution in [2.24, 2.45) is 0 Å². The Bertz CT molecular complexity index is 885. The molecule has 0 aromatic heterocycles. The van der Waals surface area contributed by atoms with E-state index in [1.54, 1.807) is 0 Å². The predicted molar refractivity (Wildman–Crippen MR) is 78.6 cm³/mol. The van der Waals surface area contributed by atoms with Crippen molar-refractivity contribution in [1.29, 1.82) is 5.26 Å². The lowest BCUT2D eigenvalue weighted by molar-refractivity contribution is -0.183. The average Bonchev–Trinajstić information content (AvgIpc) is 2.77. The number of allylic oxidation sites excluding steroid dienone is 1. The van der Waals surface area contributed by atoms with Crippen molar-refractivity contribution in [1.82, 2.24) is 10.0 Å². The number of methoxy groups -OCH3 is 1. The van der Waals surface area contributed by atoms with Crippen molar-refractivity contribution in [2.45, 2.75) is 23.5 Å². The smallest absolute Gasteiger partial charge is 0.421 e. The summed E-state index contributed by atoms with van der Waals surface area (Å²) in [4.78, 5) is 11.4. The molecule has 0 radical (unpaired) electrons. The summed E-state index contributed by atoms with van der Waals surface area (Å²) in [6.45, 7) is 1.08. The van der Waals surface area contributed by atoms with E-state index >= 15 is 0 Å². The number of carbonyl (C=O) groups excluding carboxylic acids is 1. The van der Waals surface area contributed by atoms with E-state index in [1.807, 2.05) is 5.32 Å². The Morgan fingerprint density at radius 2 is 1.84 bits per heavy atom. The molecule has 1 heterocycles. The first kappa shape index (κ1) is 18.8. The quantitative estimate of drug-likeness (QED) is 0.822. The van der Waals surface area contributed by atoms with E-state index < -0.39 is 38.1 Å². The van der Waals surface area contributed by atoms with E-state index in [1.165, 1.54) is 30.0 Å². The number of nitriles is 1. The Morgan fingerprint density at radius 3 is 2.28 bits per heavy atom. The first-order chi connectivity index (χ1) is 11.5. The number of alkyl halides is 3. The van der Waals surface area contributed by atoms with Crippen LogP contribution in [0.1, 0.15) is 6.92 Å². The SMILES string of the molecule is COc1ccc(S(=O)(=O)NC2(C(F)(F)F)C(=O)NC(C)=C2C#N)cc1. The number of ether oxygens (including phenoxy) is 1. The van der Waals surface area contributed by atoms with Crippen molar-refractivity contribution < 1.29 is 31.1 Å². The van der Waals surface area contributed by atoms with Crippen LogP contribution in [0.4, 0.5) is 13.2 Å². The fraction of sp³-hybridized carbons (Fsp3) is 0.286. The van der Waals surface area contributed by atoms with Gasteiger partial charge in [0.2, 0.25) is 15.6 Å². The molecular formula is C14H12F3N3O4S. The summed E-state index contributed by atoms with van der Waals surface area (Å²) in [5.41, 5.74) is -5.12. The van der Waals surface area contributed by atoms with Gasteiger partial charge in [-0.1, -0.05) is 0 Å². The summed E-state index contributed by atoms with van der Waals surface area (Å²) < 4.78 is 71.9. The molecule has 0 aliphatic carbocycles. The summed E-state index contributed by atoms with van der Waals surface area (Å²) in [6.07, 6.45) is -5.38. The molecule has 0 bridgehead atoms. The molecule has 1 aliphatic heterocycles. The summed E-state index contributed by atoms with van der Waals surface area (Å²) in [7, 11) is -3.45. The maximum absolute atomic E-state index is 13.6. The second-order valence-corrected chi connectivity index (χ2v) is 6.78. The van der Waals surface area contributed by atoms with Crippen LogP contribution in [0.5, 0.6) is 5.75 Å². The number of nitrogens with zero attached hydrogens (tertiary/aromatic N) is 1. The maximum atomic E-state index is 13.6. The molecule has 0 saturated carbocycles. The number of halogens is 3. The maximum Gasteiger partial charge on any atom is 0.421 e. The van der Waals surface area contributed by atoms with Crippen LogP contribution in [0.2, 0.25) is 0 Å². The Hall–Kier alpha value is -2.58. The number of hydrogen-bond donors (Lipinski definition) is 2. The summed E-state index contributed by atoms with van der Waals surface area (Å²) in [6, 6.07) is 5.76. The van der Waals surface area contributed by atoms with Gasteiger partial charge in [-0.25, -0.2) is 8.42 Å². The van der Waals surface area contributed by atoms with Crippen molar-refractivity contribution in [3.05, 3.63) is 35.5 Å². The molecule has 1 aromatic carbocycles. The summed E-state index contributed by atoms with van der Waals surface area (Å²) >= 11 is 0. The van der Waals surface area contributed by atoms with E-state index in [-0.39, 0.29) is 11.4 Å². The molecule has 1 unspecified atom stereocenters. The van der Waals surface area contributed by atoms with Crippen LogP contribution in [-0.2, 0) is 14.8 Å². The van der Waals surface area contributed by atoms with Gasteiger partial charge in [-0.3, -0.25) is 4.79 Å². The highest BCUT2D eigenvalue weighted by molar-refractivity contribution is 7.89. The highest BCUT2D eigenvalue weighted by Gasteiger charge is 2.68. The third-order valence-corrected chi connectivity index (χ3v) is 5.05. The van der Waals surface area contributed by atoms with E-state index in [9.17, 15) is 26.4 Å². The van der Waals surface area contributed by atoms with Crippen LogP contribution in [-0.4, -0.2) is 33.1 Å². The number of amides is 1. The minimum absolute atomic E-state index is 0.288. The number of carbonyl (C=O) groups is 1. The monoisotopic (exact) mass is 375 g/mol. The molecule has 0 saturated heterocycles. The molecule has 2 N–H and O–H groups in total. The number of hydrogen-bond acceptors (Lipinski definition) is 5. The van der Waals surface area contributed by atoms with Gasteiger partial charge >= 0.3 is 6.18 Å². The third-order valence-electron chi connectivity index (χ3n) is 3.59. The van der Waals surface area contributed by atoms with Gasteiger partial charge in [0.1, 0.15) is 5.75 Å². The van der Waals surface area contributed by atoms with Crippen LogP contribution in [0, 0.1) is 11.3 Å². The Morgan fingerprint density at radius 1 is 1.28 bits per heavy atom. The molecule has 1 aromatic rings. The van der Waals surface area contributed by atoms with Crippen LogP contribution in [0.15, 0.2) is 40.4 Å². The van der Waals surface area contributed by atoms with E-state index in [2.05, 4.69) is 0 Å². The summed E-state index contributed by atoms with van der Waals surface area (Å²) in [5, 5.41) is 10.9. The molecule has 134 valence electrons. The zero-order chi connectivity index (χ0) is 19.0. The number of benzene rings is 1. The van der Waals surface area contributed by atoms with Gasteiger partial charge in [-0.2, -0.15) is 23.2 Å². The van der Waals surface area contributed by atoms with Gasteiger partial charge < -0.3 is 10.1 Å². The standard InChI is InChI=1S/C14H12F3N3O4S/c1-8-11(7-18)13(12(21)19-8,14(15,16)17)20-25(22,23)10-5-3-9(24-2)4-6-10/h3-6,20H,1-2H3,(H,19,21). The van der Waals surface area contributed by atoms with Crippen LogP contribution in [0.25, 0.3) is 0 Å². The largest absolute Gasteiger partial charge is 0.497 e. The van der Waals surface area contributed by atoms with E-state index in [0.717, 1.165) is 19.1 Å². The average molecular weight is 375 g/mol. The minimum atomic E-state index is -5.38. The highest BCUT2D eigenvalue weighted by atomic mass is 32.2. The van der Waals surface area contributed by atoms with Crippen LogP contribution < -0.4 is 14.8 Å². The normalized spacial score (nSPS) is 21.0. The fourth-order valence-corrected chi connectivity index (χ4v) is 3.66. The van der Waals surface area contributed by atoms with E-state index in [4.69, 9.17) is 10.00 Å². The molecule has 25 heavy (non-hydrogen) atoms. The van der Waals surface area contributed by atoms with Gasteiger partial charge in [-0.15, -0.1) is 0 Å². The second kappa shape index (κ2) is 6.05. The third kappa shape index (κ3) is 2.94. The van der Waals surface area contributed by atoms with Crippen LogP contribution >= 0.6 is 0 Å². The van der Waals surface area contributed by atoms with Crippen molar-refractivity contribution >= 4 is 15.9 Å². The fourth-order valence-electron chi connectivity index (χ4n) is 2.33. The molecule has 7 nitrogen and oxygen atoms in total. The van der Waals surface area contributed by atoms with Gasteiger partial charge in [0.25, 0.3) is 5.91 Å².